The summed E-state index contributed by atoms with van der Waals surface area (Å²) in [7, 11) is 0. The van der Waals surface area contributed by atoms with Gasteiger partial charge in [0.1, 0.15) is 18.3 Å². The van der Waals surface area contributed by atoms with Crippen LogP contribution in [0.1, 0.15) is 22.3 Å². The number of hydrogen-bond acceptors (Lipinski definition) is 5. The van der Waals surface area contributed by atoms with Gasteiger partial charge in [-0.3, -0.25) is 0 Å². The van der Waals surface area contributed by atoms with E-state index in [1.54, 1.807) is 0 Å². The molecule has 3 unspecified atom stereocenters. The van der Waals surface area contributed by atoms with Crippen LogP contribution in [0.4, 0.5) is 0 Å². The van der Waals surface area contributed by atoms with Crippen LogP contribution in [0, 0.1) is 0 Å². The smallest absolute Gasteiger partial charge is 0.115 e. The highest BCUT2D eigenvalue weighted by Crippen LogP contribution is 2.21. The van der Waals surface area contributed by atoms with Crippen LogP contribution in [0.25, 0.3) is 10.8 Å². The van der Waals surface area contributed by atoms with E-state index in [1.165, 1.54) is 10.8 Å². The van der Waals surface area contributed by atoms with E-state index in [4.69, 9.17) is 18.9 Å². The Kier molecular flexibility index (Phi) is 11.3. The average Bonchev–Trinajstić information content (AvgIpc) is 3.06. The first-order valence-corrected chi connectivity index (χ1v) is 14.4. The third-order valence-electron chi connectivity index (χ3n) is 7.18. The molecule has 0 aliphatic rings. The molecule has 5 heteroatoms. The highest BCUT2D eigenvalue weighted by molar-refractivity contribution is 5.82. The first-order valence-electron chi connectivity index (χ1n) is 14.4. The van der Waals surface area contributed by atoms with Crippen LogP contribution in [0.2, 0.25) is 0 Å². The third kappa shape index (κ3) is 8.83. The molecule has 0 spiro atoms. The van der Waals surface area contributed by atoms with Crippen molar-refractivity contribution in [2.75, 3.05) is 13.2 Å². The first-order chi connectivity index (χ1) is 20.8. The molecule has 0 aromatic heterocycles. The lowest BCUT2D eigenvalue weighted by Gasteiger charge is -2.33. The van der Waals surface area contributed by atoms with Gasteiger partial charge in [-0.2, -0.15) is 0 Å². The van der Waals surface area contributed by atoms with Crippen molar-refractivity contribution in [2.24, 2.45) is 0 Å². The van der Waals surface area contributed by atoms with Crippen molar-refractivity contribution >= 4 is 10.8 Å². The lowest BCUT2D eigenvalue weighted by molar-refractivity contribution is -0.176. The van der Waals surface area contributed by atoms with E-state index in [0.717, 1.165) is 22.3 Å². The van der Waals surface area contributed by atoms with Gasteiger partial charge in [0.15, 0.2) is 0 Å². The molecule has 0 aliphatic heterocycles. The summed E-state index contributed by atoms with van der Waals surface area (Å²) in [6.07, 6.45) is -1.71. The van der Waals surface area contributed by atoms with Crippen LogP contribution in [-0.2, 0) is 45.4 Å². The van der Waals surface area contributed by atoms with Crippen LogP contribution < -0.4 is 0 Å². The van der Waals surface area contributed by atoms with E-state index in [-0.39, 0.29) is 13.2 Å². The second-order valence-electron chi connectivity index (χ2n) is 10.3. The number of ether oxygens (including phenoxy) is 4. The predicted octanol–water partition coefficient (Wildman–Crippen LogP) is 7.10. The summed E-state index contributed by atoms with van der Waals surface area (Å²) >= 11 is 0. The van der Waals surface area contributed by atoms with Crippen LogP contribution in [0.3, 0.4) is 0 Å². The van der Waals surface area contributed by atoms with Crippen LogP contribution in [0.15, 0.2) is 133 Å². The van der Waals surface area contributed by atoms with E-state index in [1.807, 2.05) is 103 Å². The normalized spacial score (nSPS) is 13.5. The zero-order valence-corrected chi connectivity index (χ0v) is 23.8. The van der Waals surface area contributed by atoms with Crippen LogP contribution in [0.5, 0.6) is 0 Å². The Morgan fingerprint density at radius 3 is 1.52 bits per heavy atom. The fraction of sp³-hybridized carbons (Fsp3) is 0.243. The summed E-state index contributed by atoms with van der Waals surface area (Å²) < 4.78 is 25.5. The Hall–Kier alpha value is -3.84. The lowest BCUT2D eigenvalue weighted by atomic mass is 10.1. The SMILES string of the molecule is OCC(OCc1ccccc1)C(OCc1ccccc1)C(COCc1ccc2ccccc2c1)OCc1ccccc1. The fourth-order valence-electron chi connectivity index (χ4n) is 4.89. The maximum atomic E-state index is 10.5. The molecule has 5 nitrogen and oxygen atoms in total. The quantitative estimate of drug-likeness (QED) is 0.139. The molecule has 0 radical (unpaired) electrons. The first kappa shape index (κ1) is 29.6. The molecule has 42 heavy (non-hydrogen) atoms. The monoisotopic (exact) mass is 562 g/mol. The predicted molar refractivity (Wildman–Crippen MR) is 166 cm³/mol. The molecule has 0 saturated carbocycles. The van der Waals surface area contributed by atoms with Gasteiger partial charge in [-0.05, 0) is 39.1 Å². The van der Waals surface area contributed by atoms with Crippen molar-refractivity contribution in [3.63, 3.8) is 0 Å². The van der Waals surface area contributed by atoms with Gasteiger partial charge in [-0.25, -0.2) is 0 Å². The molecule has 0 bridgehead atoms. The van der Waals surface area contributed by atoms with Crippen molar-refractivity contribution in [3.05, 3.63) is 156 Å². The van der Waals surface area contributed by atoms with Crippen molar-refractivity contribution in [1.82, 2.24) is 0 Å². The summed E-state index contributed by atoms with van der Waals surface area (Å²) in [6.45, 7) is 1.56. The van der Waals surface area contributed by atoms with Crippen molar-refractivity contribution < 1.29 is 24.1 Å². The largest absolute Gasteiger partial charge is 0.394 e. The lowest BCUT2D eigenvalue weighted by Crippen LogP contribution is -2.46. The Morgan fingerprint density at radius 2 is 0.952 bits per heavy atom. The minimum atomic E-state index is -0.626. The Morgan fingerprint density at radius 1 is 0.452 bits per heavy atom. The second-order valence-corrected chi connectivity index (χ2v) is 10.3. The molecule has 0 heterocycles. The van der Waals surface area contributed by atoms with Gasteiger partial charge in [0.2, 0.25) is 0 Å². The Labute approximate surface area is 248 Å². The standard InChI is InChI=1S/C37H38O5/c38-23-35(40-25-29-12-4-1-5-13-29)37(42-27-31-16-8-3-9-17-31)36(41-26-30-14-6-2-7-15-30)28-39-24-32-20-21-33-18-10-11-19-34(33)22-32/h1-22,35-38H,23-28H2. The van der Waals surface area contributed by atoms with E-state index >= 15 is 0 Å². The van der Waals surface area contributed by atoms with Gasteiger partial charge >= 0.3 is 0 Å². The van der Waals surface area contributed by atoms with Gasteiger partial charge in [-0.1, -0.05) is 127 Å². The molecule has 216 valence electrons. The molecule has 0 amide bonds. The zero-order chi connectivity index (χ0) is 28.8. The number of hydrogen-bond donors (Lipinski definition) is 1. The molecule has 5 rings (SSSR count). The zero-order valence-electron chi connectivity index (χ0n) is 23.8. The molecule has 1 N–H and O–H groups in total. The summed E-state index contributed by atoms with van der Waals surface area (Å²) in [6, 6.07) is 44.6. The number of rotatable bonds is 16. The molecular weight excluding hydrogens is 524 g/mol. The highest BCUT2D eigenvalue weighted by atomic mass is 16.6. The van der Waals surface area contributed by atoms with E-state index in [0.29, 0.717) is 26.4 Å². The average molecular weight is 563 g/mol. The third-order valence-corrected chi connectivity index (χ3v) is 7.18. The van der Waals surface area contributed by atoms with E-state index < -0.39 is 18.3 Å². The Balaban J connectivity index is 1.34. The topological polar surface area (TPSA) is 57.2 Å². The number of aliphatic hydroxyl groups excluding tert-OH is 1. The van der Waals surface area contributed by atoms with Crippen LogP contribution >= 0.6 is 0 Å². The van der Waals surface area contributed by atoms with Crippen LogP contribution in [-0.4, -0.2) is 36.6 Å². The Bertz CT molecular complexity index is 1460. The minimum Gasteiger partial charge on any atom is -0.394 e. The molecule has 0 aliphatic carbocycles. The summed E-state index contributed by atoms with van der Waals surface area (Å²) in [5.74, 6) is 0. The van der Waals surface area contributed by atoms with Crippen molar-refractivity contribution in [1.29, 1.82) is 0 Å². The van der Waals surface area contributed by atoms with Crippen molar-refractivity contribution in [3.8, 4) is 0 Å². The van der Waals surface area contributed by atoms with E-state index in [9.17, 15) is 5.11 Å². The number of fused-ring (bicyclic) bond motifs is 1. The fourth-order valence-corrected chi connectivity index (χ4v) is 4.89. The highest BCUT2D eigenvalue weighted by Gasteiger charge is 2.32. The molecule has 5 aromatic carbocycles. The maximum Gasteiger partial charge on any atom is 0.115 e. The van der Waals surface area contributed by atoms with E-state index in [2.05, 4.69) is 30.3 Å². The molecular formula is C37H38O5. The summed E-state index contributed by atoms with van der Waals surface area (Å²) in [5.41, 5.74) is 4.18. The summed E-state index contributed by atoms with van der Waals surface area (Å²) in [5, 5.41) is 12.9. The number of benzene rings is 5. The van der Waals surface area contributed by atoms with Gasteiger partial charge in [0.05, 0.1) is 39.6 Å². The van der Waals surface area contributed by atoms with Gasteiger partial charge in [0.25, 0.3) is 0 Å². The second kappa shape index (κ2) is 16.0. The van der Waals surface area contributed by atoms with Gasteiger partial charge < -0.3 is 24.1 Å². The minimum absolute atomic E-state index is 0.220. The molecule has 3 atom stereocenters. The van der Waals surface area contributed by atoms with Crippen molar-refractivity contribution in [2.45, 2.75) is 44.7 Å². The van der Waals surface area contributed by atoms with Gasteiger partial charge in [0, 0.05) is 0 Å². The maximum absolute atomic E-state index is 10.5. The summed E-state index contributed by atoms with van der Waals surface area (Å²) in [4.78, 5) is 0. The van der Waals surface area contributed by atoms with Gasteiger partial charge in [-0.15, -0.1) is 0 Å². The number of aliphatic hydroxyl groups is 1. The molecule has 0 fully saturated rings. The molecule has 5 aromatic rings. The molecule has 0 saturated heterocycles.